The Balaban J connectivity index is 1.40. The number of nitrogens with zero attached hydrogens (tertiary/aromatic N) is 5. The van der Waals surface area contributed by atoms with Gasteiger partial charge in [-0.3, -0.25) is 4.72 Å². The van der Waals surface area contributed by atoms with Crippen LogP contribution in [-0.4, -0.2) is 34.4 Å². The highest BCUT2D eigenvalue weighted by Gasteiger charge is 2.20. The van der Waals surface area contributed by atoms with Crippen molar-refractivity contribution in [3.05, 3.63) is 65.5 Å². The van der Waals surface area contributed by atoms with Crippen LogP contribution in [0.5, 0.6) is 0 Å². The molecule has 3 aromatic heterocycles. The molecule has 2 N–H and O–H groups in total. The first-order chi connectivity index (χ1) is 17.8. The topological polar surface area (TPSA) is 134 Å². The number of benzene rings is 1. The molecule has 0 aliphatic heterocycles. The lowest BCUT2D eigenvalue weighted by atomic mass is 9.96. The standard InChI is InChI=1S/C27H27N7O2S/c1-17-14-22(32-23-16-29-27(33-26(17)23)31-20-9-4-3-5-10-20)21-12-13-25(30-18(21)2)34-37(35,36)24-11-7-6-8-19(24)15-28/h6-8,11-14,16,20H,3-5,9-10H2,1-2H3,(H,30,34)(H,29,31,33). The van der Waals surface area contributed by atoms with E-state index in [0.29, 0.717) is 28.9 Å². The lowest BCUT2D eigenvalue weighted by Crippen LogP contribution is -2.23. The third-order valence-electron chi connectivity index (χ3n) is 6.57. The highest BCUT2D eigenvalue weighted by Crippen LogP contribution is 2.28. The normalized spacial score (nSPS) is 14.3. The molecule has 0 unspecified atom stereocenters. The van der Waals surface area contributed by atoms with Crippen LogP contribution < -0.4 is 10.0 Å². The summed E-state index contributed by atoms with van der Waals surface area (Å²) in [5, 5.41) is 12.7. The SMILES string of the molecule is Cc1nc(NS(=O)(=O)c2ccccc2C#N)ccc1-c1cc(C)c2nc(NC3CCCCC3)ncc2n1. The first kappa shape index (κ1) is 24.6. The zero-order chi connectivity index (χ0) is 26.0. The van der Waals surface area contributed by atoms with Crippen LogP contribution in [0.2, 0.25) is 0 Å². The monoisotopic (exact) mass is 513 g/mol. The summed E-state index contributed by atoms with van der Waals surface area (Å²) >= 11 is 0. The quantitative estimate of drug-likeness (QED) is 0.363. The molecule has 37 heavy (non-hydrogen) atoms. The average molecular weight is 514 g/mol. The Morgan fingerprint density at radius 3 is 2.54 bits per heavy atom. The summed E-state index contributed by atoms with van der Waals surface area (Å²) in [4.78, 5) is 18.3. The highest BCUT2D eigenvalue weighted by molar-refractivity contribution is 7.92. The van der Waals surface area contributed by atoms with Crippen molar-refractivity contribution in [3.63, 3.8) is 0 Å². The van der Waals surface area contributed by atoms with Gasteiger partial charge in [-0.25, -0.2) is 28.4 Å². The molecule has 1 aliphatic carbocycles. The van der Waals surface area contributed by atoms with Gasteiger partial charge in [0, 0.05) is 17.3 Å². The van der Waals surface area contributed by atoms with Crippen molar-refractivity contribution in [3.8, 4) is 17.3 Å². The Kier molecular flexibility index (Phi) is 6.72. The number of aryl methyl sites for hydroxylation is 2. The number of rotatable bonds is 6. The summed E-state index contributed by atoms with van der Waals surface area (Å²) in [6.45, 7) is 3.79. The molecular formula is C27H27N7O2S. The maximum atomic E-state index is 12.9. The van der Waals surface area contributed by atoms with Gasteiger partial charge in [0.05, 0.1) is 23.0 Å². The Morgan fingerprint density at radius 2 is 1.78 bits per heavy atom. The number of hydrogen-bond acceptors (Lipinski definition) is 8. The third-order valence-corrected chi connectivity index (χ3v) is 7.99. The molecule has 0 atom stereocenters. The van der Waals surface area contributed by atoms with Crippen molar-refractivity contribution in [2.24, 2.45) is 0 Å². The third kappa shape index (κ3) is 5.22. The van der Waals surface area contributed by atoms with Gasteiger partial charge in [0.25, 0.3) is 10.0 Å². The van der Waals surface area contributed by atoms with Gasteiger partial charge >= 0.3 is 0 Å². The molecule has 0 spiro atoms. The van der Waals surface area contributed by atoms with Crippen molar-refractivity contribution >= 4 is 32.8 Å². The van der Waals surface area contributed by atoms with Crippen molar-refractivity contribution in [1.82, 2.24) is 19.9 Å². The summed E-state index contributed by atoms with van der Waals surface area (Å²) in [5.74, 6) is 0.790. The second kappa shape index (κ2) is 10.1. The van der Waals surface area contributed by atoms with Gasteiger partial charge in [-0.15, -0.1) is 0 Å². The van der Waals surface area contributed by atoms with Crippen molar-refractivity contribution in [2.75, 3.05) is 10.0 Å². The van der Waals surface area contributed by atoms with Gasteiger partial charge in [0.15, 0.2) is 0 Å². The number of anilines is 2. The maximum absolute atomic E-state index is 12.9. The molecule has 3 heterocycles. The zero-order valence-corrected chi connectivity index (χ0v) is 21.5. The number of sulfonamides is 1. The number of pyridine rings is 2. The first-order valence-electron chi connectivity index (χ1n) is 12.2. The van der Waals surface area contributed by atoms with Crippen molar-refractivity contribution in [1.29, 1.82) is 5.26 Å². The van der Waals surface area contributed by atoms with Crippen LogP contribution in [0, 0.1) is 25.2 Å². The minimum Gasteiger partial charge on any atom is -0.351 e. The van der Waals surface area contributed by atoms with E-state index in [1.54, 1.807) is 37.4 Å². The van der Waals surface area contributed by atoms with Crippen molar-refractivity contribution in [2.45, 2.75) is 56.9 Å². The number of nitrogens with one attached hydrogen (secondary N) is 2. The van der Waals surface area contributed by atoms with Gasteiger partial charge in [-0.2, -0.15) is 5.26 Å². The molecule has 188 valence electrons. The van der Waals surface area contributed by atoms with Gasteiger partial charge in [-0.05, 0) is 62.6 Å². The van der Waals surface area contributed by atoms with Gasteiger partial charge in [0.1, 0.15) is 22.3 Å². The van der Waals surface area contributed by atoms with Gasteiger partial charge < -0.3 is 5.32 Å². The maximum Gasteiger partial charge on any atom is 0.264 e. The highest BCUT2D eigenvalue weighted by atomic mass is 32.2. The molecule has 10 heteroatoms. The fraction of sp³-hybridized carbons (Fsp3) is 0.296. The van der Waals surface area contributed by atoms with Gasteiger partial charge in [-0.1, -0.05) is 31.4 Å². The largest absolute Gasteiger partial charge is 0.351 e. The molecule has 5 rings (SSSR count). The number of nitriles is 1. The van der Waals surface area contributed by atoms with E-state index in [-0.39, 0.29) is 16.3 Å². The Hall–Kier alpha value is -4.10. The number of aromatic nitrogens is 4. The smallest absolute Gasteiger partial charge is 0.264 e. The van der Waals surface area contributed by atoms with E-state index in [9.17, 15) is 13.7 Å². The molecule has 0 bridgehead atoms. The zero-order valence-electron chi connectivity index (χ0n) is 20.7. The van der Waals surface area contributed by atoms with E-state index < -0.39 is 10.0 Å². The molecule has 9 nitrogen and oxygen atoms in total. The predicted molar refractivity (Wildman–Crippen MR) is 142 cm³/mol. The molecule has 1 aliphatic rings. The second-order valence-electron chi connectivity index (χ2n) is 9.27. The van der Waals surface area contributed by atoms with Crippen LogP contribution in [0.3, 0.4) is 0 Å². The summed E-state index contributed by atoms with van der Waals surface area (Å²) < 4.78 is 28.2. The lowest BCUT2D eigenvalue weighted by molar-refractivity contribution is 0.461. The molecule has 1 fully saturated rings. The predicted octanol–water partition coefficient (Wildman–Crippen LogP) is 5.12. The molecule has 4 aromatic rings. The molecule has 1 saturated carbocycles. The number of hydrogen-bond donors (Lipinski definition) is 2. The molecular weight excluding hydrogens is 486 g/mol. The summed E-state index contributed by atoms with van der Waals surface area (Å²) in [6, 6.07) is 13.7. The van der Waals surface area contributed by atoms with Crippen LogP contribution >= 0.6 is 0 Å². The van der Waals surface area contributed by atoms with E-state index in [0.717, 1.165) is 29.5 Å². The van der Waals surface area contributed by atoms with Crippen LogP contribution in [0.1, 0.15) is 48.9 Å². The minimum atomic E-state index is -3.97. The Bertz CT molecular complexity index is 1620. The fourth-order valence-electron chi connectivity index (χ4n) is 4.69. The van der Waals surface area contributed by atoms with E-state index >= 15 is 0 Å². The van der Waals surface area contributed by atoms with Crippen LogP contribution in [-0.2, 0) is 10.0 Å². The fourth-order valence-corrected chi connectivity index (χ4v) is 5.85. The van der Waals surface area contributed by atoms with Crippen LogP contribution in [0.4, 0.5) is 11.8 Å². The summed E-state index contributed by atoms with van der Waals surface area (Å²) in [5.41, 5.74) is 4.59. The first-order valence-corrected chi connectivity index (χ1v) is 13.7. The lowest BCUT2D eigenvalue weighted by Gasteiger charge is -2.22. The summed E-state index contributed by atoms with van der Waals surface area (Å²) in [6.07, 6.45) is 7.77. The Morgan fingerprint density at radius 1 is 1.00 bits per heavy atom. The van der Waals surface area contributed by atoms with E-state index in [2.05, 4.69) is 20.0 Å². The van der Waals surface area contributed by atoms with E-state index in [4.69, 9.17) is 9.97 Å². The summed E-state index contributed by atoms with van der Waals surface area (Å²) in [7, 11) is -3.97. The van der Waals surface area contributed by atoms with E-state index in [1.165, 1.54) is 31.4 Å². The molecule has 0 saturated heterocycles. The van der Waals surface area contributed by atoms with Crippen LogP contribution in [0.15, 0.2) is 53.6 Å². The Labute approximate surface area is 216 Å². The number of fused-ring (bicyclic) bond motifs is 1. The van der Waals surface area contributed by atoms with Gasteiger partial charge in [0.2, 0.25) is 5.95 Å². The molecule has 0 radical (unpaired) electrons. The minimum absolute atomic E-state index is 0.0681. The molecule has 0 amide bonds. The molecule has 1 aromatic carbocycles. The van der Waals surface area contributed by atoms with Crippen molar-refractivity contribution < 1.29 is 8.42 Å². The van der Waals surface area contributed by atoms with E-state index in [1.807, 2.05) is 19.1 Å². The van der Waals surface area contributed by atoms with Crippen LogP contribution in [0.25, 0.3) is 22.3 Å². The second-order valence-corrected chi connectivity index (χ2v) is 10.9. The average Bonchev–Trinajstić information content (AvgIpc) is 2.89.